The maximum atomic E-state index is 12.6. The largest absolute Gasteiger partial charge is 0.487 e. The average Bonchev–Trinajstić information content (AvgIpc) is 2.73. The van der Waals surface area contributed by atoms with Crippen LogP contribution in [-0.2, 0) is 9.47 Å². The number of rotatable bonds is 7. The lowest BCUT2D eigenvalue weighted by Crippen LogP contribution is -2.15. The number of ketones is 1. The van der Waals surface area contributed by atoms with Crippen molar-refractivity contribution in [1.29, 1.82) is 0 Å². The molecule has 0 saturated carbocycles. The van der Waals surface area contributed by atoms with Gasteiger partial charge in [-0.15, -0.1) is 0 Å². The van der Waals surface area contributed by atoms with Crippen LogP contribution in [0, 0.1) is 0 Å². The minimum Gasteiger partial charge on any atom is -0.487 e. The summed E-state index contributed by atoms with van der Waals surface area (Å²) in [6.07, 6.45) is 6.36. The lowest BCUT2D eigenvalue weighted by molar-refractivity contribution is 0.0224. The molecule has 0 unspecified atom stereocenters. The van der Waals surface area contributed by atoms with Crippen LogP contribution < -0.4 is 9.47 Å². The summed E-state index contributed by atoms with van der Waals surface area (Å²) in [6, 6.07) is 9.78. The van der Waals surface area contributed by atoms with Crippen LogP contribution in [0.25, 0.3) is 10.8 Å². The highest BCUT2D eigenvalue weighted by molar-refractivity contribution is 6.00. The molecule has 1 heterocycles. The van der Waals surface area contributed by atoms with Gasteiger partial charge in [-0.25, -0.2) is 0 Å². The third kappa shape index (κ3) is 6.72. The second kappa shape index (κ2) is 11.8. The van der Waals surface area contributed by atoms with Gasteiger partial charge in [0.2, 0.25) is 0 Å². The summed E-state index contributed by atoms with van der Waals surface area (Å²) < 4.78 is 22.7. The molecule has 0 radical (unpaired) electrons. The Bertz CT molecular complexity index is 786. The second-order valence-corrected chi connectivity index (χ2v) is 7.37. The number of benzene rings is 2. The van der Waals surface area contributed by atoms with Gasteiger partial charge in [0.15, 0.2) is 17.3 Å². The van der Waals surface area contributed by atoms with E-state index in [-0.39, 0.29) is 5.78 Å². The number of unbranched alkanes of at least 4 members (excludes halogenated alkanes) is 4. The first-order chi connectivity index (χ1) is 14.3. The van der Waals surface area contributed by atoms with E-state index < -0.39 is 0 Å². The molecule has 5 heteroatoms. The minimum absolute atomic E-state index is 0.207. The minimum atomic E-state index is 0.207. The van der Waals surface area contributed by atoms with Gasteiger partial charge in [0.25, 0.3) is 0 Å². The molecule has 0 amide bonds. The molecule has 158 valence electrons. The first kappa shape index (κ1) is 21.6. The third-order valence-corrected chi connectivity index (χ3v) is 5.07. The highest BCUT2D eigenvalue weighted by atomic mass is 16.6. The van der Waals surface area contributed by atoms with E-state index in [2.05, 4.69) is 6.92 Å². The first-order valence-corrected chi connectivity index (χ1v) is 10.8. The highest BCUT2D eigenvalue weighted by Crippen LogP contribution is 2.33. The fraction of sp³-hybridized carbons (Fsp3) is 0.542. The van der Waals surface area contributed by atoms with E-state index in [1.54, 1.807) is 0 Å². The third-order valence-electron chi connectivity index (χ3n) is 5.07. The molecule has 2 aromatic rings. The van der Waals surface area contributed by atoms with Gasteiger partial charge in [0.1, 0.15) is 13.2 Å². The number of Topliss-reactive ketones (excluding diaryl/α,β-unsaturated/α-hetero) is 1. The number of hydrogen-bond donors (Lipinski definition) is 0. The van der Waals surface area contributed by atoms with E-state index in [0.717, 1.165) is 29.2 Å². The Labute approximate surface area is 173 Å². The van der Waals surface area contributed by atoms with Gasteiger partial charge in [0.05, 0.1) is 26.4 Å². The van der Waals surface area contributed by atoms with Crippen LogP contribution >= 0.6 is 0 Å². The van der Waals surface area contributed by atoms with Gasteiger partial charge < -0.3 is 18.9 Å². The van der Waals surface area contributed by atoms with Gasteiger partial charge in [-0.2, -0.15) is 0 Å². The molecule has 0 spiro atoms. The summed E-state index contributed by atoms with van der Waals surface area (Å²) >= 11 is 0. The molecule has 5 nitrogen and oxygen atoms in total. The molecule has 1 aliphatic rings. The topological polar surface area (TPSA) is 54.0 Å². The van der Waals surface area contributed by atoms with Crippen LogP contribution in [0.15, 0.2) is 30.3 Å². The predicted molar refractivity (Wildman–Crippen MR) is 114 cm³/mol. The zero-order valence-corrected chi connectivity index (χ0v) is 17.4. The Kier molecular flexibility index (Phi) is 8.78. The van der Waals surface area contributed by atoms with Crippen molar-refractivity contribution in [1.82, 2.24) is 0 Å². The van der Waals surface area contributed by atoms with Gasteiger partial charge in [-0.1, -0.05) is 44.7 Å². The number of carbonyl (C=O) groups is 1. The Morgan fingerprint density at radius 1 is 0.759 bits per heavy atom. The number of fused-ring (bicyclic) bond motifs is 2. The molecule has 3 rings (SSSR count). The summed E-state index contributed by atoms with van der Waals surface area (Å²) in [5, 5.41) is 2.00. The zero-order valence-electron chi connectivity index (χ0n) is 17.4. The van der Waals surface area contributed by atoms with E-state index in [4.69, 9.17) is 18.9 Å². The molecule has 2 aromatic carbocycles. The molecule has 0 fully saturated rings. The second-order valence-electron chi connectivity index (χ2n) is 7.37. The maximum absolute atomic E-state index is 12.6. The summed E-state index contributed by atoms with van der Waals surface area (Å²) in [6.45, 7) is 5.21. The first-order valence-electron chi connectivity index (χ1n) is 10.8. The lowest BCUT2D eigenvalue weighted by Gasteiger charge is -2.16. The average molecular weight is 401 g/mol. The van der Waals surface area contributed by atoms with E-state index in [9.17, 15) is 4.79 Å². The van der Waals surface area contributed by atoms with Crippen LogP contribution in [0.5, 0.6) is 11.5 Å². The van der Waals surface area contributed by atoms with Crippen molar-refractivity contribution in [3.05, 3.63) is 35.9 Å². The van der Waals surface area contributed by atoms with Crippen molar-refractivity contribution in [3.63, 3.8) is 0 Å². The molecule has 0 atom stereocenters. The monoisotopic (exact) mass is 400 g/mol. The normalized spacial score (nSPS) is 15.5. The summed E-state index contributed by atoms with van der Waals surface area (Å²) in [5.41, 5.74) is 0.763. The van der Waals surface area contributed by atoms with Crippen molar-refractivity contribution < 1.29 is 23.7 Å². The molecule has 0 aromatic heterocycles. The fourth-order valence-corrected chi connectivity index (χ4v) is 3.43. The molecule has 0 bridgehead atoms. The van der Waals surface area contributed by atoms with E-state index in [1.807, 2.05) is 30.3 Å². The molecular weight excluding hydrogens is 368 g/mol. The lowest BCUT2D eigenvalue weighted by atomic mass is 10.00. The molecular formula is C24H32O5. The maximum Gasteiger partial charge on any atom is 0.162 e. The van der Waals surface area contributed by atoms with Gasteiger partial charge in [-0.05, 0) is 35.4 Å². The SMILES string of the molecule is CCCCCCCC(=O)c1ccc2cc3c(cc2c1)OCCOCCOCCO3. The number of ether oxygens (including phenoxy) is 4. The van der Waals surface area contributed by atoms with Crippen molar-refractivity contribution in [2.45, 2.75) is 45.4 Å². The van der Waals surface area contributed by atoms with Gasteiger partial charge in [-0.3, -0.25) is 4.79 Å². The molecule has 0 aliphatic carbocycles. The van der Waals surface area contributed by atoms with Crippen molar-refractivity contribution in [3.8, 4) is 11.5 Å². The van der Waals surface area contributed by atoms with Crippen molar-refractivity contribution in [2.24, 2.45) is 0 Å². The fourth-order valence-electron chi connectivity index (χ4n) is 3.43. The number of carbonyl (C=O) groups excluding carboxylic acids is 1. The van der Waals surface area contributed by atoms with Gasteiger partial charge in [0, 0.05) is 12.0 Å². The molecule has 1 aliphatic heterocycles. The Morgan fingerprint density at radius 2 is 1.38 bits per heavy atom. The Hall–Kier alpha value is -2.11. The van der Waals surface area contributed by atoms with E-state index in [0.29, 0.717) is 57.6 Å². The van der Waals surface area contributed by atoms with Crippen molar-refractivity contribution >= 4 is 16.6 Å². The quantitative estimate of drug-likeness (QED) is 0.473. The van der Waals surface area contributed by atoms with Crippen LogP contribution in [0.2, 0.25) is 0 Å². The molecule has 0 N–H and O–H groups in total. The molecule has 0 saturated heterocycles. The van der Waals surface area contributed by atoms with Crippen LogP contribution in [-0.4, -0.2) is 45.4 Å². The Morgan fingerprint density at radius 3 is 2.07 bits per heavy atom. The van der Waals surface area contributed by atoms with Gasteiger partial charge >= 0.3 is 0 Å². The number of hydrogen-bond acceptors (Lipinski definition) is 5. The van der Waals surface area contributed by atoms with Crippen LogP contribution in [0.3, 0.4) is 0 Å². The molecule has 29 heavy (non-hydrogen) atoms. The summed E-state index contributed by atoms with van der Waals surface area (Å²) in [5.74, 6) is 1.57. The zero-order chi connectivity index (χ0) is 20.3. The van der Waals surface area contributed by atoms with Crippen LogP contribution in [0.4, 0.5) is 0 Å². The summed E-state index contributed by atoms with van der Waals surface area (Å²) in [4.78, 5) is 12.6. The van der Waals surface area contributed by atoms with Crippen molar-refractivity contribution in [2.75, 3.05) is 39.6 Å². The standard InChI is InChI=1S/C24H32O5/c1-2-3-4-5-6-7-22(25)20-9-8-19-17-23-24(18-21(19)16-20)29-15-13-27-11-10-26-12-14-28-23/h8-9,16-18H,2-7,10-15H2,1H3. The van der Waals surface area contributed by atoms with E-state index in [1.165, 1.54) is 19.3 Å². The highest BCUT2D eigenvalue weighted by Gasteiger charge is 2.12. The summed E-state index contributed by atoms with van der Waals surface area (Å²) in [7, 11) is 0. The van der Waals surface area contributed by atoms with Crippen LogP contribution in [0.1, 0.15) is 55.8 Å². The smallest absolute Gasteiger partial charge is 0.162 e. The van der Waals surface area contributed by atoms with E-state index >= 15 is 0 Å². The predicted octanol–water partition coefficient (Wildman–Crippen LogP) is 5.19. The Balaban J connectivity index is 1.72.